The van der Waals surface area contributed by atoms with Crippen molar-refractivity contribution in [3.8, 4) is 0 Å². The predicted molar refractivity (Wildman–Crippen MR) is 90.3 cm³/mol. The van der Waals surface area contributed by atoms with Crippen LogP contribution in [0.15, 0.2) is 30.5 Å². The Labute approximate surface area is 143 Å². The number of nitrogens with zero attached hydrogens (tertiary/aromatic N) is 4. The predicted octanol–water partition coefficient (Wildman–Crippen LogP) is 1.85. The lowest BCUT2D eigenvalue weighted by molar-refractivity contribution is -0.119. The summed E-state index contributed by atoms with van der Waals surface area (Å²) in [4.78, 5) is 32.0. The maximum atomic E-state index is 12.0. The Morgan fingerprint density at radius 2 is 2.00 bits per heavy atom. The summed E-state index contributed by atoms with van der Waals surface area (Å²) in [6.07, 6.45) is 1.58. The molecule has 3 rings (SSSR count). The van der Waals surface area contributed by atoms with Crippen molar-refractivity contribution < 1.29 is 14.3 Å². The monoisotopic (exact) mass is 339 g/mol. The van der Waals surface area contributed by atoms with Crippen molar-refractivity contribution >= 4 is 23.3 Å². The van der Waals surface area contributed by atoms with E-state index < -0.39 is 18.5 Å². The standard InChI is InChI=1S/C17H17N5O3/c1-10-4-5-11(2)13(8-10)19-14(23)9-25-16(24)15-20-17-18-7-6-12(3)22(17)21-15/h4-8H,9H2,1-3H3,(H,19,23). The number of hydrogen-bond donors (Lipinski definition) is 1. The van der Waals surface area contributed by atoms with Gasteiger partial charge in [-0.15, -0.1) is 5.10 Å². The fourth-order valence-corrected chi connectivity index (χ4v) is 2.25. The molecular weight excluding hydrogens is 322 g/mol. The number of hydrogen-bond acceptors (Lipinski definition) is 6. The van der Waals surface area contributed by atoms with Crippen LogP contribution in [-0.2, 0) is 9.53 Å². The first-order valence-corrected chi connectivity index (χ1v) is 7.66. The third-order valence-corrected chi connectivity index (χ3v) is 3.61. The van der Waals surface area contributed by atoms with Crippen molar-refractivity contribution in [2.75, 3.05) is 11.9 Å². The molecule has 0 aliphatic heterocycles. The van der Waals surface area contributed by atoms with Crippen LogP contribution in [0.25, 0.3) is 5.78 Å². The number of aryl methyl sites for hydroxylation is 3. The van der Waals surface area contributed by atoms with E-state index in [2.05, 4.69) is 20.4 Å². The zero-order chi connectivity index (χ0) is 18.0. The quantitative estimate of drug-likeness (QED) is 0.728. The second-order valence-corrected chi connectivity index (χ2v) is 5.68. The molecule has 1 amide bonds. The second kappa shape index (κ2) is 6.68. The number of fused-ring (bicyclic) bond motifs is 1. The van der Waals surface area contributed by atoms with Crippen LogP contribution in [0.5, 0.6) is 0 Å². The molecule has 0 spiro atoms. The maximum absolute atomic E-state index is 12.0. The molecule has 0 atom stereocenters. The van der Waals surface area contributed by atoms with Crippen molar-refractivity contribution in [2.45, 2.75) is 20.8 Å². The summed E-state index contributed by atoms with van der Waals surface area (Å²) in [5.74, 6) is -1.05. The molecule has 1 aromatic carbocycles. The fraction of sp³-hybridized carbons (Fsp3) is 0.235. The van der Waals surface area contributed by atoms with Gasteiger partial charge in [0.15, 0.2) is 6.61 Å². The van der Waals surface area contributed by atoms with Crippen LogP contribution in [0.1, 0.15) is 27.4 Å². The Hall–Kier alpha value is -3.29. The van der Waals surface area contributed by atoms with E-state index in [1.54, 1.807) is 12.3 Å². The number of rotatable bonds is 4. The number of esters is 1. The van der Waals surface area contributed by atoms with Gasteiger partial charge in [-0.2, -0.15) is 4.98 Å². The Morgan fingerprint density at radius 1 is 1.20 bits per heavy atom. The molecule has 0 aliphatic rings. The number of carbonyl (C=O) groups is 2. The summed E-state index contributed by atoms with van der Waals surface area (Å²) in [7, 11) is 0. The molecule has 0 saturated carbocycles. The summed E-state index contributed by atoms with van der Waals surface area (Å²) in [5.41, 5.74) is 3.42. The van der Waals surface area contributed by atoms with E-state index >= 15 is 0 Å². The highest BCUT2D eigenvalue weighted by atomic mass is 16.5. The zero-order valence-electron chi connectivity index (χ0n) is 14.1. The lowest BCUT2D eigenvalue weighted by Gasteiger charge is -2.09. The fourth-order valence-electron chi connectivity index (χ4n) is 2.25. The average molecular weight is 339 g/mol. The molecule has 0 aliphatic carbocycles. The maximum Gasteiger partial charge on any atom is 0.378 e. The number of carbonyl (C=O) groups excluding carboxylic acids is 2. The molecule has 3 aromatic rings. The van der Waals surface area contributed by atoms with Gasteiger partial charge in [0, 0.05) is 17.6 Å². The smallest absolute Gasteiger partial charge is 0.378 e. The van der Waals surface area contributed by atoms with Crippen molar-refractivity contribution in [2.24, 2.45) is 0 Å². The highest BCUT2D eigenvalue weighted by Gasteiger charge is 2.17. The van der Waals surface area contributed by atoms with Crippen molar-refractivity contribution in [3.63, 3.8) is 0 Å². The minimum atomic E-state index is -0.777. The van der Waals surface area contributed by atoms with Crippen LogP contribution in [0.4, 0.5) is 5.69 Å². The van der Waals surface area contributed by atoms with Gasteiger partial charge in [-0.05, 0) is 44.0 Å². The van der Waals surface area contributed by atoms with Gasteiger partial charge in [-0.3, -0.25) is 4.79 Å². The molecule has 2 aromatic heterocycles. The van der Waals surface area contributed by atoms with E-state index in [-0.39, 0.29) is 5.82 Å². The molecule has 0 bridgehead atoms. The van der Waals surface area contributed by atoms with Gasteiger partial charge in [0.1, 0.15) is 0 Å². The van der Waals surface area contributed by atoms with Gasteiger partial charge in [0.2, 0.25) is 0 Å². The van der Waals surface area contributed by atoms with Gasteiger partial charge in [-0.1, -0.05) is 12.1 Å². The third-order valence-electron chi connectivity index (χ3n) is 3.61. The van der Waals surface area contributed by atoms with Crippen LogP contribution >= 0.6 is 0 Å². The normalized spacial score (nSPS) is 10.7. The Morgan fingerprint density at radius 3 is 2.76 bits per heavy atom. The number of benzene rings is 1. The van der Waals surface area contributed by atoms with Gasteiger partial charge in [0.05, 0.1) is 0 Å². The van der Waals surface area contributed by atoms with Gasteiger partial charge >= 0.3 is 5.97 Å². The van der Waals surface area contributed by atoms with E-state index in [1.165, 1.54) is 4.52 Å². The summed E-state index contributed by atoms with van der Waals surface area (Å²) in [5, 5.41) is 6.76. The van der Waals surface area contributed by atoms with E-state index in [0.29, 0.717) is 11.5 Å². The summed E-state index contributed by atoms with van der Waals surface area (Å²) < 4.78 is 6.42. The SMILES string of the molecule is Cc1ccc(C)c(NC(=O)COC(=O)c2nc3nccc(C)n3n2)c1. The second-order valence-electron chi connectivity index (χ2n) is 5.68. The van der Waals surface area contributed by atoms with Crippen molar-refractivity contribution in [1.82, 2.24) is 19.6 Å². The van der Waals surface area contributed by atoms with Crippen molar-refractivity contribution in [1.29, 1.82) is 0 Å². The molecule has 128 valence electrons. The molecule has 25 heavy (non-hydrogen) atoms. The highest BCUT2D eigenvalue weighted by molar-refractivity contribution is 5.95. The first-order chi connectivity index (χ1) is 11.9. The minimum absolute atomic E-state index is 0.138. The third kappa shape index (κ3) is 3.63. The Kier molecular flexibility index (Phi) is 4.42. The molecule has 0 radical (unpaired) electrons. The van der Waals surface area contributed by atoms with E-state index in [9.17, 15) is 9.59 Å². The number of nitrogens with one attached hydrogen (secondary N) is 1. The van der Waals surface area contributed by atoms with Crippen LogP contribution in [-0.4, -0.2) is 38.1 Å². The molecule has 0 unspecified atom stereocenters. The number of ether oxygens (including phenoxy) is 1. The summed E-state index contributed by atoms with van der Waals surface area (Å²) >= 11 is 0. The van der Waals surface area contributed by atoms with E-state index in [0.717, 1.165) is 16.8 Å². The van der Waals surface area contributed by atoms with Gasteiger partial charge in [-0.25, -0.2) is 14.3 Å². The topological polar surface area (TPSA) is 98.5 Å². The molecule has 0 saturated heterocycles. The first kappa shape index (κ1) is 16.6. The molecule has 0 fully saturated rings. The number of anilines is 1. The molecule has 8 heteroatoms. The number of amides is 1. The Bertz CT molecular complexity index is 964. The summed E-state index contributed by atoms with van der Waals surface area (Å²) in [6.45, 7) is 5.21. The lowest BCUT2D eigenvalue weighted by Crippen LogP contribution is -2.22. The number of aromatic nitrogens is 4. The average Bonchev–Trinajstić information content (AvgIpc) is 3.02. The zero-order valence-corrected chi connectivity index (χ0v) is 14.1. The van der Waals surface area contributed by atoms with E-state index in [4.69, 9.17) is 4.74 Å². The van der Waals surface area contributed by atoms with Crippen LogP contribution < -0.4 is 5.32 Å². The minimum Gasteiger partial charge on any atom is -0.450 e. The van der Waals surface area contributed by atoms with E-state index in [1.807, 2.05) is 39.0 Å². The molecule has 1 N–H and O–H groups in total. The Balaban J connectivity index is 1.64. The molecule has 8 nitrogen and oxygen atoms in total. The lowest BCUT2D eigenvalue weighted by atomic mass is 10.1. The first-order valence-electron chi connectivity index (χ1n) is 7.66. The van der Waals surface area contributed by atoms with Crippen LogP contribution in [0.2, 0.25) is 0 Å². The molecule has 2 heterocycles. The highest BCUT2D eigenvalue weighted by Crippen LogP contribution is 2.16. The summed E-state index contributed by atoms with van der Waals surface area (Å²) in [6, 6.07) is 7.46. The van der Waals surface area contributed by atoms with Gasteiger partial charge < -0.3 is 10.1 Å². The van der Waals surface area contributed by atoms with Crippen molar-refractivity contribution in [3.05, 3.63) is 53.1 Å². The van der Waals surface area contributed by atoms with Crippen LogP contribution in [0.3, 0.4) is 0 Å². The largest absolute Gasteiger partial charge is 0.450 e. The van der Waals surface area contributed by atoms with Crippen LogP contribution in [0, 0.1) is 20.8 Å². The van der Waals surface area contributed by atoms with Gasteiger partial charge in [0.25, 0.3) is 17.5 Å². The molecular formula is C17H17N5O3.